The fourth-order valence-electron chi connectivity index (χ4n) is 3.68. The lowest BCUT2D eigenvalue weighted by atomic mass is 10.1. The van der Waals surface area contributed by atoms with Gasteiger partial charge in [-0.05, 0) is 19.8 Å². The molecule has 1 aliphatic carbocycles. The van der Waals surface area contributed by atoms with Gasteiger partial charge in [0.05, 0.1) is 0 Å². The molecule has 0 aromatic carbocycles. The number of hydrogen-bond acceptors (Lipinski definition) is 5. The van der Waals surface area contributed by atoms with Crippen molar-refractivity contribution in [3.8, 4) is 0 Å². The average molecular weight is 289 g/mol. The van der Waals surface area contributed by atoms with Crippen LogP contribution >= 0.6 is 0 Å². The van der Waals surface area contributed by atoms with Crippen molar-refractivity contribution in [2.24, 2.45) is 0 Å². The summed E-state index contributed by atoms with van der Waals surface area (Å²) >= 11 is 0. The van der Waals surface area contributed by atoms with Crippen molar-refractivity contribution in [2.45, 2.75) is 51.5 Å². The Labute approximate surface area is 127 Å². The molecule has 0 unspecified atom stereocenters. The molecule has 2 aliphatic rings. The Balaban J connectivity index is 1.59. The molecule has 1 saturated heterocycles. The minimum Gasteiger partial charge on any atom is -0.368 e. The van der Waals surface area contributed by atoms with Crippen molar-refractivity contribution < 1.29 is 0 Å². The zero-order chi connectivity index (χ0) is 14.7. The molecule has 1 aromatic rings. The molecule has 5 heteroatoms. The molecule has 2 heterocycles. The second-order valence-electron chi connectivity index (χ2n) is 6.39. The summed E-state index contributed by atoms with van der Waals surface area (Å²) in [5, 5.41) is 0. The summed E-state index contributed by atoms with van der Waals surface area (Å²) in [6.07, 6.45) is 8.45. The summed E-state index contributed by atoms with van der Waals surface area (Å²) in [6, 6.07) is 2.85. The predicted octanol–water partition coefficient (Wildman–Crippen LogP) is 2.21. The van der Waals surface area contributed by atoms with Crippen LogP contribution in [0.1, 0.15) is 44.2 Å². The van der Waals surface area contributed by atoms with Crippen LogP contribution in [0, 0.1) is 6.92 Å². The summed E-state index contributed by atoms with van der Waals surface area (Å²) in [7, 11) is 0. The van der Waals surface area contributed by atoms with Gasteiger partial charge in [-0.3, -0.25) is 4.90 Å². The molecule has 3 rings (SSSR count). The van der Waals surface area contributed by atoms with Crippen molar-refractivity contribution in [3.05, 3.63) is 11.8 Å². The lowest BCUT2D eigenvalue weighted by Crippen LogP contribution is -2.50. The molecule has 1 saturated carbocycles. The highest BCUT2D eigenvalue weighted by atomic mass is 15.3. The Morgan fingerprint density at radius 3 is 2.29 bits per heavy atom. The highest BCUT2D eigenvalue weighted by molar-refractivity contribution is 5.43. The van der Waals surface area contributed by atoms with Crippen LogP contribution in [0.25, 0.3) is 0 Å². The van der Waals surface area contributed by atoms with E-state index >= 15 is 0 Å². The van der Waals surface area contributed by atoms with E-state index in [1.165, 1.54) is 38.5 Å². The average Bonchev–Trinajstić information content (AvgIpc) is 2.75. The van der Waals surface area contributed by atoms with Crippen molar-refractivity contribution in [2.75, 3.05) is 36.8 Å². The van der Waals surface area contributed by atoms with E-state index in [-0.39, 0.29) is 0 Å². The topological polar surface area (TPSA) is 58.3 Å². The standard InChI is InChI=1S/C16H27N5/c1-13-12-15(19-16(17)18-13)21-10-8-20(9-11-21)14-6-4-2-3-5-7-14/h12,14H,2-11H2,1H3,(H2,17,18,19). The van der Waals surface area contributed by atoms with Crippen LogP contribution in [-0.2, 0) is 0 Å². The molecular weight excluding hydrogens is 262 g/mol. The Kier molecular flexibility index (Phi) is 4.58. The van der Waals surface area contributed by atoms with E-state index in [1.54, 1.807) is 0 Å². The maximum atomic E-state index is 5.77. The van der Waals surface area contributed by atoms with Gasteiger partial charge in [-0.1, -0.05) is 25.7 Å². The Bertz CT molecular complexity index is 439. The maximum absolute atomic E-state index is 5.77. The Morgan fingerprint density at radius 2 is 1.67 bits per heavy atom. The van der Waals surface area contributed by atoms with Gasteiger partial charge in [0.2, 0.25) is 5.95 Å². The molecule has 2 fully saturated rings. The number of aromatic nitrogens is 2. The first-order valence-electron chi connectivity index (χ1n) is 8.32. The number of aryl methyl sites for hydroxylation is 1. The van der Waals surface area contributed by atoms with Crippen LogP contribution in [0.15, 0.2) is 6.07 Å². The third kappa shape index (κ3) is 3.64. The van der Waals surface area contributed by atoms with E-state index in [2.05, 4.69) is 19.8 Å². The zero-order valence-electron chi connectivity index (χ0n) is 13.1. The van der Waals surface area contributed by atoms with E-state index in [0.29, 0.717) is 5.95 Å². The largest absolute Gasteiger partial charge is 0.368 e. The molecule has 5 nitrogen and oxygen atoms in total. The number of nitrogens with zero attached hydrogens (tertiary/aromatic N) is 4. The number of hydrogen-bond donors (Lipinski definition) is 1. The highest BCUT2D eigenvalue weighted by Crippen LogP contribution is 2.24. The SMILES string of the molecule is Cc1cc(N2CCN(C3CCCCCC3)CC2)nc(N)n1. The minimum atomic E-state index is 0.385. The number of anilines is 2. The fraction of sp³-hybridized carbons (Fsp3) is 0.750. The van der Waals surface area contributed by atoms with E-state index in [1.807, 2.05) is 13.0 Å². The normalized spacial score (nSPS) is 22.2. The van der Waals surface area contributed by atoms with Crippen LogP contribution in [-0.4, -0.2) is 47.1 Å². The maximum Gasteiger partial charge on any atom is 0.222 e. The van der Waals surface area contributed by atoms with Gasteiger partial charge in [0.1, 0.15) is 5.82 Å². The number of rotatable bonds is 2. The Hall–Kier alpha value is -1.36. The van der Waals surface area contributed by atoms with Crippen molar-refractivity contribution >= 4 is 11.8 Å². The molecule has 21 heavy (non-hydrogen) atoms. The molecule has 2 N–H and O–H groups in total. The van der Waals surface area contributed by atoms with E-state index in [4.69, 9.17) is 5.73 Å². The highest BCUT2D eigenvalue weighted by Gasteiger charge is 2.25. The van der Waals surface area contributed by atoms with Crippen LogP contribution in [0.5, 0.6) is 0 Å². The van der Waals surface area contributed by atoms with Gasteiger partial charge in [0.25, 0.3) is 0 Å². The van der Waals surface area contributed by atoms with E-state index in [9.17, 15) is 0 Å². The molecule has 0 bridgehead atoms. The number of nitrogens with two attached hydrogens (primary N) is 1. The predicted molar refractivity (Wildman–Crippen MR) is 86.5 cm³/mol. The first-order valence-corrected chi connectivity index (χ1v) is 8.32. The molecule has 0 spiro atoms. The smallest absolute Gasteiger partial charge is 0.222 e. The quantitative estimate of drug-likeness (QED) is 0.846. The van der Waals surface area contributed by atoms with Crippen LogP contribution in [0.4, 0.5) is 11.8 Å². The van der Waals surface area contributed by atoms with Crippen LogP contribution in [0.2, 0.25) is 0 Å². The lowest BCUT2D eigenvalue weighted by Gasteiger charge is -2.39. The first-order chi connectivity index (χ1) is 10.2. The van der Waals surface area contributed by atoms with Crippen molar-refractivity contribution in [1.82, 2.24) is 14.9 Å². The fourth-order valence-corrected chi connectivity index (χ4v) is 3.68. The summed E-state index contributed by atoms with van der Waals surface area (Å²) in [5.74, 6) is 1.37. The van der Waals surface area contributed by atoms with E-state index < -0.39 is 0 Å². The molecule has 0 atom stereocenters. The molecule has 0 amide bonds. The van der Waals surface area contributed by atoms with Gasteiger partial charge < -0.3 is 10.6 Å². The summed E-state index contributed by atoms with van der Waals surface area (Å²) < 4.78 is 0. The van der Waals surface area contributed by atoms with Gasteiger partial charge in [-0.25, -0.2) is 4.98 Å². The third-order valence-electron chi connectivity index (χ3n) is 4.84. The van der Waals surface area contributed by atoms with Gasteiger partial charge in [0.15, 0.2) is 0 Å². The van der Waals surface area contributed by atoms with Gasteiger partial charge in [-0.15, -0.1) is 0 Å². The summed E-state index contributed by atoms with van der Waals surface area (Å²) in [5.41, 5.74) is 6.72. The van der Waals surface area contributed by atoms with Crippen LogP contribution in [0.3, 0.4) is 0 Å². The second-order valence-corrected chi connectivity index (χ2v) is 6.39. The summed E-state index contributed by atoms with van der Waals surface area (Å²) in [6.45, 7) is 6.36. The molecule has 116 valence electrons. The molecular formula is C16H27N5. The third-order valence-corrected chi connectivity index (χ3v) is 4.84. The van der Waals surface area contributed by atoms with Crippen molar-refractivity contribution in [3.63, 3.8) is 0 Å². The molecule has 0 radical (unpaired) electrons. The second kappa shape index (κ2) is 6.60. The molecule has 1 aromatic heterocycles. The monoisotopic (exact) mass is 289 g/mol. The van der Waals surface area contributed by atoms with Gasteiger partial charge >= 0.3 is 0 Å². The Morgan fingerprint density at radius 1 is 1.00 bits per heavy atom. The zero-order valence-corrected chi connectivity index (χ0v) is 13.1. The first kappa shape index (κ1) is 14.6. The van der Waals surface area contributed by atoms with Crippen molar-refractivity contribution in [1.29, 1.82) is 0 Å². The molecule has 1 aliphatic heterocycles. The lowest BCUT2D eigenvalue weighted by molar-refractivity contribution is 0.169. The number of nitrogen functional groups attached to an aromatic ring is 1. The van der Waals surface area contributed by atoms with Crippen LogP contribution < -0.4 is 10.6 Å². The van der Waals surface area contributed by atoms with E-state index in [0.717, 1.165) is 43.7 Å². The minimum absolute atomic E-state index is 0.385. The summed E-state index contributed by atoms with van der Waals surface area (Å²) in [4.78, 5) is 13.6. The number of piperazine rings is 1. The van der Waals surface area contributed by atoms with Gasteiger partial charge in [0, 0.05) is 44.0 Å². The van der Waals surface area contributed by atoms with Gasteiger partial charge in [-0.2, -0.15) is 4.98 Å².